The molecule has 0 saturated heterocycles. The van der Waals surface area contributed by atoms with Gasteiger partial charge >= 0.3 is 11.9 Å². The van der Waals surface area contributed by atoms with Crippen LogP contribution in [0.5, 0.6) is 0 Å². The fourth-order valence-electron chi connectivity index (χ4n) is 2.08. The quantitative estimate of drug-likeness (QED) is 0.341. The minimum atomic E-state index is -0.714. The Morgan fingerprint density at radius 2 is 0.783 bits per heavy atom. The van der Waals surface area contributed by atoms with E-state index >= 15 is 0 Å². The largest absolute Gasteiger partial charge is 0.481 e. The zero-order valence-corrected chi connectivity index (χ0v) is 14.5. The maximum atomic E-state index is 10.2. The Kier molecular flexibility index (Phi) is 21.9. The zero-order valence-electron chi connectivity index (χ0n) is 14.5. The van der Waals surface area contributed by atoms with Gasteiger partial charge in [0.15, 0.2) is 0 Å². The van der Waals surface area contributed by atoms with E-state index in [2.05, 4.69) is 0 Å². The number of nitrogens with two attached hydrogens (primary N) is 2. The van der Waals surface area contributed by atoms with Crippen molar-refractivity contribution in [3.63, 3.8) is 0 Å². The Morgan fingerprint density at radius 3 is 1.04 bits per heavy atom. The van der Waals surface area contributed by atoms with Crippen molar-refractivity contribution in [1.29, 1.82) is 0 Å². The molecule has 0 aliphatic rings. The smallest absolute Gasteiger partial charge is 0.303 e. The Morgan fingerprint density at radius 1 is 0.522 bits per heavy atom. The average Bonchev–Trinajstić information content (AvgIpc) is 2.50. The molecule has 0 aliphatic heterocycles. The Hall–Kier alpha value is -1.14. The number of rotatable bonds is 15. The number of aliphatic carboxylic acids is 2. The summed E-state index contributed by atoms with van der Waals surface area (Å²) >= 11 is 0. The molecule has 0 saturated carbocycles. The summed E-state index contributed by atoms with van der Waals surface area (Å²) in [6.45, 7) is 1.61. The van der Waals surface area contributed by atoms with Gasteiger partial charge < -0.3 is 21.7 Å². The van der Waals surface area contributed by atoms with Gasteiger partial charge in [-0.3, -0.25) is 9.59 Å². The second-order valence-electron chi connectivity index (χ2n) is 5.75. The summed E-state index contributed by atoms with van der Waals surface area (Å²) in [4.78, 5) is 20.4. The van der Waals surface area contributed by atoms with E-state index in [4.69, 9.17) is 21.7 Å². The summed E-state index contributed by atoms with van der Waals surface area (Å²) < 4.78 is 0. The average molecular weight is 332 g/mol. The molecule has 0 atom stereocenters. The van der Waals surface area contributed by atoms with E-state index in [0.717, 1.165) is 77.3 Å². The van der Waals surface area contributed by atoms with Gasteiger partial charge in [-0.15, -0.1) is 0 Å². The molecule has 0 aromatic heterocycles. The van der Waals surface area contributed by atoms with Crippen LogP contribution in [0.4, 0.5) is 0 Å². The van der Waals surface area contributed by atoms with Gasteiger partial charge in [0, 0.05) is 12.8 Å². The molecule has 6 heteroatoms. The molecule has 0 bridgehead atoms. The number of carbonyl (C=O) groups is 2. The molecule has 0 unspecified atom stereocenters. The molecule has 0 aromatic carbocycles. The van der Waals surface area contributed by atoms with Crippen molar-refractivity contribution >= 4 is 11.9 Å². The summed E-state index contributed by atoms with van der Waals surface area (Å²) in [6.07, 6.45) is 11.9. The molecule has 23 heavy (non-hydrogen) atoms. The van der Waals surface area contributed by atoms with Gasteiger partial charge in [-0.2, -0.15) is 0 Å². The molecular weight excluding hydrogens is 296 g/mol. The van der Waals surface area contributed by atoms with Crippen LogP contribution in [0.1, 0.15) is 83.5 Å². The minimum Gasteiger partial charge on any atom is -0.481 e. The van der Waals surface area contributed by atoms with Crippen molar-refractivity contribution in [2.24, 2.45) is 11.5 Å². The van der Waals surface area contributed by atoms with Crippen LogP contribution < -0.4 is 11.5 Å². The lowest BCUT2D eigenvalue weighted by molar-refractivity contribution is -0.138. The highest BCUT2D eigenvalue weighted by atomic mass is 16.4. The summed E-state index contributed by atoms with van der Waals surface area (Å²) in [6, 6.07) is 0. The third-order valence-corrected chi connectivity index (χ3v) is 3.44. The van der Waals surface area contributed by atoms with Crippen LogP contribution in [0.3, 0.4) is 0 Å². The van der Waals surface area contributed by atoms with Crippen LogP contribution in [0.2, 0.25) is 0 Å². The fourth-order valence-corrected chi connectivity index (χ4v) is 2.08. The first kappa shape index (κ1) is 24.1. The summed E-state index contributed by atoms with van der Waals surface area (Å²) in [5.41, 5.74) is 10.5. The molecule has 0 aliphatic carbocycles. The molecule has 0 fully saturated rings. The first-order valence-corrected chi connectivity index (χ1v) is 8.88. The molecule has 6 nitrogen and oxygen atoms in total. The maximum absolute atomic E-state index is 10.2. The van der Waals surface area contributed by atoms with Crippen LogP contribution in [-0.4, -0.2) is 35.2 Å². The van der Waals surface area contributed by atoms with E-state index in [0.29, 0.717) is 0 Å². The minimum absolute atomic E-state index is 0.276. The number of unbranched alkanes of at least 4 members (excludes halogenated alkanes) is 9. The number of carboxylic acids is 2. The lowest BCUT2D eigenvalue weighted by Gasteiger charge is -2.00. The van der Waals surface area contributed by atoms with Gasteiger partial charge in [0.25, 0.3) is 0 Å². The summed E-state index contributed by atoms with van der Waals surface area (Å²) in [5.74, 6) is -1.43. The third-order valence-electron chi connectivity index (χ3n) is 3.44. The highest BCUT2D eigenvalue weighted by molar-refractivity contribution is 5.66. The predicted molar refractivity (Wildman–Crippen MR) is 93.4 cm³/mol. The topological polar surface area (TPSA) is 127 Å². The molecule has 0 amide bonds. The highest BCUT2D eigenvalue weighted by Gasteiger charge is 1.98. The Labute approximate surface area is 140 Å². The third kappa shape index (κ3) is 29.5. The van der Waals surface area contributed by atoms with Crippen LogP contribution in [0.25, 0.3) is 0 Å². The number of carboxylic acid groups (broad SMARTS) is 2. The van der Waals surface area contributed by atoms with Gasteiger partial charge in [-0.1, -0.05) is 44.9 Å². The Bertz CT molecular complexity index is 247. The normalized spacial score (nSPS) is 10.0. The second-order valence-corrected chi connectivity index (χ2v) is 5.75. The van der Waals surface area contributed by atoms with E-state index in [1.165, 1.54) is 6.42 Å². The molecule has 0 aromatic rings. The lowest BCUT2D eigenvalue weighted by atomic mass is 10.1. The van der Waals surface area contributed by atoms with Crippen LogP contribution in [0.15, 0.2) is 0 Å². The first-order valence-electron chi connectivity index (χ1n) is 8.88. The van der Waals surface area contributed by atoms with Crippen molar-refractivity contribution in [3.05, 3.63) is 0 Å². The molecule has 0 heterocycles. The van der Waals surface area contributed by atoms with Crippen molar-refractivity contribution in [3.8, 4) is 0 Å². The standard InChI is InChI=1S/C12H22O4.C5H14N2/c13-11(14)9-7-5-3-1-2-4-6-8-10-12(15)16;6-4-2-1-3-5-7/h1-10H2,(H,13,14)(H,15,16);1-7H2. The van der Waals surface area contributed by atoms with E-state index in [1.807, 2.05) is 0 Å². The summed E-state index contributed by atoms with van der Waals surface area (Å²) in [5, 5.41) is 16.8. The summed E-state index contributed by atoms with van der Waals surface area (Å²) in [7, 11) is 0. The van der Waals surface area contributed by atoms with Crippen LogP contribution in [0, 0.1) is 0 Å². The van der Waals surface area contributed by atoms with Gasteiger partial charge in [-0.25, -0.2) is 0 Å². The lowest BCUT2D eigenvalue weighted by Crippen LogP contribution is -2.02. The van der Waals surface area contributed by atoms with Crippen molar-refractivity contribution in [2.75, 3.05) is 13.1 Å². The van der Waals surface area contributed by atoms with Gasteiger partial charge in [0.05, 0.1) is 0 Å². The highest BCUT2D eigenvalue weighted by Crippen LogP contribution is 2.10. The number of hydrogen-bond donors (Lipinski definition) is 4. The zero-order chi connectivity index (χ0) is 17.8. The van der Waals surface area contributed by atoms with Gasteiger partial charge in [0.1, 0.15) is 0 Å². The van der Waals surface area contributed by atoms with Gasteiger partial charge in [0.2, 0.25) is 0 Å². The van der Waals surface area contributed by atoms with Crippen LogP contribution >= 0.6 is 0 Å². The van der Waals surface area contributed by atoms with Crippen molar-refractivity contribution < 1.29 is 19.8 Å². The van der Waals surface area contributed by atoms with Gasteiger partial charge in [-0.05, 0) is 38.8 Å². The maximum Gasteiger partial charge on any atom is 0.303 e. The van der Waals surface area contributed by atoms with Crippen molar-refractivity contribution in [1.82, 2.24) is 0 Å². The molecule has 0 spiro atoms. The molecule has 0 rings (SSSR count). The molecule has 6 N–H and O–H groups in total. The fraction of sp³-hybridized carbons (Fsp3) is 0.882. The first-order chi connectivity index (χ1) is 11.0. The monoisotopic (exact) mass is 332 g/mol. The SMILES string of the molecule is NCCCCCN.O=C(O)CCCCCCCCCCC(=O)O. The van der Waals surface area contributed by atoms with E-state index < -0.39 is 11.9 Å². The molecular formula is C17H36N2O4. The van der Waals surface area contributed by atoms with E-state index in [-0.39, 0.29) is 12.8 Å². The molecule has 138 valence electrons. The van der Waals surface area contributed by atoms with Crippen molar-refractivity contribution in [2.45, 2.75) is 83.5 Å². The van der Waals surface area contributed by atoms with E-state index in [1.54, 1.807) is 0 Å². The van der Waals surface area contributed by atoms with Crippen LogP contribution in [-0.2, 0) is 9.59 Å². The van der Waals surface area contributed by atoms with E-state index in [9.17, 15) is 9.59 Å². The second kappa shape index (κ2) is 20.9. The molecule has 0 radical (unpaired) electrons. The number of hydrogen-bond acceptors (Lipinski definition) is 4. The predicted octanol–water partition coefficient (Wildman–Crippen LogP) is 3.13. The Balaban J connectivity index is 0.